The van der Waals surface area contributed by atoms with E-state index in [-0.39, 0.29) is 0 Å². The quantitative estimate of drug-likeness (QED) is 0.769. The predicted molar refractivity (Wildman–Crippen MR) is 82.8 cm³/mol. The van der Waals surface area contributed by atoms with Crippen molar-refractivity contribution < 1.29 is 19.4 Å². The Balaban J connectivity index is 2.10. The Morgan fingerprint density at radius 3 is 2.55 bits per heavy atom. The van der Waals surface area contributed by atoms with Crippen LogP contribution in [0.2, 0.25) is 5.02 Å². The summed E-state index contributed by atoms with van der Waals surface area (Å²) < 4.78 is 11.0. The molecule has 0 unspecified atom stereocenters. The van der Waals surface area contributed by atoms with Crippen LogP contribution < -0.4 is 14.6 Å². The molecule has 0 radical (unpaired) electrons. The fourth-order valence-electron chi connectivity index (χ4n) is 1.81. The van der Waals surface area contributed by atoms with Gasteiger partial charge in [0.25, 0.3) is 0 Å². The Morgan fingerprint density at radius 2 is 1.91 bits per heavy atom. The summed E-state index contributed by atoms with van der Waals surface area (Å²) in [6, 6.07) is 12.5. The molecule has 0 saturated carbocycles. The van der Waals surface area contributed by atoms with Crippen LogP contribution in [0.1, 0.15) is 11.1 Å². The number of ether oxygens (including phenoxy) is 2. The third kappa shape index (κ3) is 4.53. The SMILES string of the molecule is COc1cc(/C=C/C(=O)[O-])ccc1OCc1ccc(Cl)cc1. The summed E-state index contributed by atoms with van der Waals surface area (Å²) in [5.41, 5.74) is 1.66. The fourth-order valence-corrected chi connectivity index (χ4v) is 1.94. The van der Waals surface area contributed by atoms with E-state index in [4.69, 9.17) is 21.1 Å². The molecule has 2 aromatic rings. The number of carboxylic acid groups (broad SMARTS) is 1. The maximum atomic E-state index is 10.4. The molecule has 0 aliphatic heterocycles. The maximum Gasteiger partial charge on any atom is 0.161 e. The number of rotatable bonds is 6. The number of carbonyl (C=O) groups excluding carboxylic acids is 1. The van der Waals surface area contributed by atoms with Crippen molar-refractivity contribution in [2.45, 2.75) is 6.61 Å². The van der Waals surface area contributed by atoms with Crippen molar-refractivity contribution in [2.75, 3.05) is 7.11 Å². The molecular weight excluding hydrogens is 304 g/mol. The molecule has 0 aromatic heterocycles. The van der Waals surface area contributed by atoms with Gasteiger partial charge in [0.2, 0.25) is 0 Å². The van der Waals surface area contributed by atoms with Gasteiger partial charge in [-0.1, -0.05) is 35.9 Å². The van der Waals surface area contributed by atoms with Crippen molar-refractivity contribution in [3.63, 3.8) is 0 Å². The molecular formula is C17H14ClO4-. The first kappa shape index (κ1) is 15.9. The van der Waals surface area contributed by atoms with Crippen molar-refractivity contribution in [3.8, 4) is 11.5 Å². The molecule has 0 heterocycles. The normalized spacial score (nSPS) is 10.6. The van der Waals surface area contributed by atoms with Crippen molar-refractivity contribution in [2.24, 2.45) is 0 Å². The standard InChI is InChI=1S/C17H15ClO4/c1-21-16-10-12(5-9-17(19)20)4-8-15(16)22-11-13-2-6-14(18)7-3-13/h2-10H,11H2,1H3,(H,19,20)/p-1/b9-5+. The monoisotopic (exact) mass is 317 g/mol. The number of hydrogen-bond donors (Lipinski definition) is 0. The summed E-state index contributed by atoms with van der Waals surface area (Å²) in [7, 11) is 1.52. The number of aliphatic carboxylic acids is 1. The van der Waals surface area contributed by atoms with Crippen LogP contribution in [0.25, 0.3) is 6.08 Å². The average Bonchev–Trinajstić information content (AvgIpc) is 2.52. The molecule has 114 valence electrons. The lowest BCUT2D eigenvalue weighted by atomic mass is 10.2. The van der Waals surface area contributed by atoms with Gasteiger partial charge in [-0.3, -0.25) is 0 Å². The molecule has 5 heteroatoms. The van der Waals surface area contributed by atoms with E-state index in [1.807, 2.05) is 12.1 Å². The Labute approximate surface area is 133 Å². The van der Waals surface area contributed by atoms with Crippen molar-refractivity contribution in [3.05, 3.63) is 64.7 Å². The fraction of sp³-hybridized carbons (Fsp3) is 0.118. The number of benzene rings is 2. The summed E-state index contributed by atoms with van der Waals surface area (Å²) in [5.74, 6) is -0.153. The van der Waals surface area contributed by atoms with Gasteiger partial charge in [0.1, 0.15) is 6.61 Å². The molecule has 0 N–H and O–H groups in total. The highest BCUT2D eigenvalue weighted by atomic mass is 35.5. The van der Waals surface area contributed by atoms with Gasteiger partial charge in [0.15, 0.2) is 11.5 Å². The summed E-state index contributed by atoms with van der Waals surface area (Å²) in [6.07, 6.45) is 2.39. The Morgan fingerprint density at radius 1 is 1.18 bits per heavy atom. The summed E-state index contributed by atoms with van der Waals surface area (Å²) >= 11 is 5.83. The minimum atomic E-state index is -1.25. The van der Waals surface area contributed by atoms with E-state index in [2.05, 4.69) is 0 Å². The summed E-state index contributed by atoms with van der Waals surface area (Å²) in [6.45, 7) is 0.377. The second-order valence-corrected chi connectivity index (χ2v) is 4.91. The third-order valence-electron chi connectivity index (χ3n) is 2.91. The van der Waals surface area contributed by atoms with Crippen molar-refractivity contribution in [1.82, 2.24) is 0 Å². The molecule has 0 atom stereocenters. The predicted octanol–water partition coefficient (Wildman–Crippen LogP) is 2.69. The molecule has 0 aliphatic carbocycles. The topological polar surface area (TPSA) is 58.6 Å². The van der Waals surface area contributed by atoms with Gasteiger partial charge >= 0.3 is 0 Å². The zero-order chi connectivity index (χ0) is 15.9. The van der Waals surface area contributed by atoms with E-state index < -0.39 is 5.97 Å². The Bertz CT molecular complexity index is 678. The van der Waals surface area contributed by atoms with Crippen LogP contribution in [0.15, 0.2) is 48.5 Å². The van der Waals surface area contributed by atoms with Crippen LogP contribution in [0.4, 0.5) is 0 Å². The van der Waals surface area contributed by atoms with Crippen molar-refractivity contribution >= 4 is 23.6 Å². The van der Waals surface area contributed by atoms with E-state index in [1.54, 1.807) is 30.3 Å². The van der Waals surface area contributed by atoms with Gasteiger partial charge in [0.05, 0.1) is 13.1 Å². The average molecular weight is 318 g/mol. The lowest BCUT2D eigenvalue weighted by Gasteiger charge is -2.11. The minimum absolute atomic E-state index is 0.377. The first-order valence-corrected chi connectivity index (χ1v) is 6.90. The lowest BCUT2D eigenvalue weighted by Crippen LogP contribution is -2.18. The highest BCUT2D eigenvalue weighted by Gasteiger charge is 2.05. The Hall–Kier alpha value is -2.46. The van der Waals surface area contributed by atoms with Crippen LogP contribution in [-0.4, -0.2) is 13.1 Å². The van der Waals surface area contributed by atoms with E-state index in [1.165, 1.54) is 13.2 Å². The zero-order valence-corrected chi connectivity index (χ0v) is 12.7. The van der Waals surface area contributed by atoms with Gasteiger partial charge < -0.3 is 19.4 Å². The van der Waals surface area contributed by atoms with E-state index in [0.29, 0.717) is 28.7 Å². The molecule has 22 heavy (non-hydrogen) atoms. The number of hydrogen-bond acceptors (Lipinski definition) is 4. The number of carboxylic acids is 1. The molecule has 4 nitrogen and oxygen atoms in total. The second-order valence-electron chi connectivity index (χ2n) is 4.48. The van der Waals surface area contributed by atoms with Gasteiger partial charge in [0, 0.05) is 5.02 Å². The van der Waals surface area contributed by atoms with Gasteiger partial charge in [-0.15, -0.1) is 0 Å². The first-order valence-electron chi connectivity index (χ1n) is 6.53. The second kappa shape index (κ2) is 7.52. The molecule has 0 spiro atoms. The van der Waals surface area contributed by atoms with Gasteiger partial charge in [-0.05, 0) is 41.5 Å². The minimum Gasteiger partial charge on any atom is -0.545 e. The first-order chi connectivity index (χ1) is 10.6. The zero-order valence-electron chi connectivity index (χ0n) is 11.9. The number of carbonyl (C=O) groups is 1. The van der Waals surface area contributed by atoms with E-state index >= 15 is 0 Å². The number of methoxy groups -OCH3 is 1. The van der Waals surface area contributed by atoms with E-state index in [0.717, 1.165) is 11.6 Å². The van der Waals surface area contributed by atoms with Gasteiger partial charge in [-0.25, -0.2) is 0 Å². The highest BCUT2D eigenvalue weighted by molar-refractivity contribution is 6.30. The third-order valence-corrected chi connectivity index (χ3v) is 3.16. The molecule has 0 fully saturated rings. The summed E-state index contributed by atoms with van der Waals surface area (Å²) in [4.78, 5) is 10.4. The molecule has 2 aromatic carbocycles. The molecule has 0 aliphatic rings. The van der Waals surface area contributed by atoms with Crippen LogP contribution in [0.5, 0.6) is 11.5 Å². The lowest BCUT2D eigenvalue weighted by molar-refractivity contribution is -0.297. The largest absolute Gasteiger partial charge is 0.545 e. The highest BCUT2D eigenvalue weighted by Crippen LogP contribution is 2.29. The maximum absolute atomic E-state index is 10.4. The molecule has 0 saturated heterocycles. The van der Waals surface area contributed by atoms with Crippen LogP contribution in [-0.2, 0) is 11.4 Å². The van der Waals surface area contributed by atoms with Crippen molar-refractivity contribution in [1.29, 1.82) is 0 Å². The van der Waals surface area contributed by atoms with E-state index in [9.17, 15) is 9.90 Å². The van der Waals surface area contributed by atoms with Gasteiger partial charge in [-0.2, -0.15) is 0 Å². The molecule has 0 bridgehead atoms. The van der Waals surface area contributed by atoms with Crippen LogP contribution >= 0.6 is 11.6 Å². The summed E-state index contributed by atoms with van der Waals surface area (Å²) in [5, 5.41) is 11.1. The molecule has 0 amide bonds. The molecule has 2 rings (SSSR count). The smallest absolute Gasteiger partial charge is 0.161 e. The Kier molecular flexibility index (Phi) is 5.44. The van der Waals surface area contributed by atoms with Crippen LogP contribution in [0.3, 0.4) is 0 Å². The van der Waals surface area contributed by atoms with Crippen LogP contribution in [0, 0.1) is 0 Å². The number of halogens is 1.